The fraction of sp³-hybridized carbons (Fsp3) is 0.722. The highest BCUT2D eigenvalue weighted by molar-refractivity contribution is 7.99. The Labute approximate surface area is 165 Å². The van der Waals surface area contributed by atoms with Crippen LogP contribution in [-0.2, 0) is 14.8 Å². The average molecular weight is 417 g/mol. The zero-order valence-corrected chi connectivity index (χ0v) is 17.5. The maximum Gasteiger partial charge on any atom is 0.252 e. The van der Waals surface area contributed by atoms with Gasteiger partial charge in [0.2, 0.25) is 5.91 Å². The number of nitrogens with zero attached hydrogens (tertiary/aromatic N) is 1. The van der Waals surface area contributed by atoms with E-state index in [0.717, 1.165) is 11.0 Å². The van der Waals surface area contributed by atoms with E-state index in [1.54, 1.807) is 17.5 Å². The molecule has 3 rings (SSSR count). The number of thiophene rings is 1. The van der Waals surface area contributed by atoms with Gasteiger partial charge in [0.15, 0.2) is 0 Å². The molecule has 1 aliphatic heterocycles. The number of amides is 1. The number of hydrogen-bond donors (Lipinski definition) is 1. The first-order valence-electron chi connectivity index (χ1n) is 9.50. The Bertz CT molecular complexity index is 662. The van der Waals surface area contributed by atoms with Crippen LogP contribution in [0.1, 0.15) is 44.9 Å². The number of hydrogen-bond acceptors (Lipinski definition) is 5. The van der Waals surface area contributed by atoms with E-state index in [1.165, 1.54) is 47.7 Å². The molecule has 1 amide bonds. The minimum Gasteiger partial charge on any atom is -0.355 e. The molecule has 1 saturated heterocycles. The van der Waals surface area contributed by atoms with Crippen molar-refractivity contribution in [2.45, 2.75) is 54.4 Å². The van der Waals surface area contributed by atoms with Crippen LogP contribution in [0.3, 0.4) is 0 Å². The second kappa shape index (κ2) is 9.57. The molecule has 1 aromatic rings. The zero-order valence-electron chi connectivity index (χ0n) is 15.1. The number of thioether (sulfide) groups is 1. The fourth-order valence-corrected chi connectivity index (χ4v) is 7.51. The quantitative estimate of drug-likeness (QED) is 0.693. The fourth-order valence-electron chi connectivity index (χ4n) is 3.67. The third-order valence-corrected chi connectivity index (χ3v) is 9.88. The lowest BCUT2D eigenvalue weighted by Crippen LogP contribution is -2.43. The molecule has 0 radical (unpaired) electrons. The molecular weight excluding hydrogens is 388 g/mol. The van der Waals surface area contributed by atoms with E-state index in [0.29, 0.717) is 36.7 Å². The highest BCUT2D eigenvalue weighted by Crippen LogP contribution is 2.28. The van der Waals surface area contributed by atoms with Crippen molar-refractivity contribution in [3.63, 3.8) is 0 Å². The largest absolute Gasteiger partial charge is 0.355 e. The molecule has 1 N–H and O–H groups in total. The molecule has 0 unspecified atom stereocenters. The molecule has 26 heavy (non-hydrogen) atoms. The number of carbonyl (C=O) groups is 1. The molecule has 0 spiro atoms. The maximum atomic E-state index is 12.5. The highest BCUT2D eigenvalue weighted by atomic mass is 32.2. The summed E-state index contributed by atoms with van der Waals surface area (Å²) in [6, 6.07) is 3.39. The van der Waals surface area contributed by atoms with Crippen LogP contribution >= 0.6 is 23.1 Å². The normalized spacial score (nSPS) is 20.9. The molecular formula is C18H28N2O3S3. The molecule has 5 nitrogen and oxygen atoms in total. The van der Waals surface area contributed by atoms with Crippen LogP contribution in [0.4, 0.5) is 0 Å². The Morgan fingerprint density at radius 1 is 1.19 bits per heavy atom. The van der Waals surface area contributed by atoms with Crippen LogP contribution < -0.4 is 5.32 Å². The third kappa shape index (κ3) is 5.24. The van der Waals surface area contributed by atoms with Gasteiger partial charge in [-0.2, -0.15) is 16.1 Å². The Morgan fingerprint density at radius 2 is 1.92 bits per heavy atom. The van der Waals surface area contributed by atoms with Crippen molar-refractivity contribution in [2.24, 2.45) is 5.92 Å². The molecule has 2 fully saturated rings. The van der Waals surface area contributed by atoms with E-state index in [9.17, 15) is 13.2 Å². The van der Waals surface area contributed by atoms with Crippen molar-refractivity contribution in [3.05, 3.63) is 17.5 Å². The van der Waals surface area contributed by atoms with Gasteiger partial charge >= 0.3 is 0 Å². The van der Waals surface area contributed by atoms with Crippen molar-refractivity contribution >= 4 is 39.0 Å². The van der Waals surface area contributed by atoms with Gasteiger partial charge < -0.3 is 5.32 Å². The summed E-state index contributed by atoms with van der Waals surface area (Å²) < 4.78 is 26.9. The molecule has 2 heterocycles. The van der Waals surface area contributed by atoms with Gasteiger partial charge in [-0.25, -0.2) is 8.42 Å². The molecule has 8 heteroatoms. The summed E-state index contributed by atoms with van der Waals surface area (Å²) in [6.45, 7) is 1.57. The SMILES string of the molecule is O=C(NCCSC1CCCCC1)C1CCN(S(=O)(=O)c2cccs2)CC1. The van der Waals surface area contributed by atoms with Gasteiger partial charge in [0.05, 0.1) is 0 Å². The lowest BCUT2D eigenvalue weighted by molar-refractivity contribution is -0.125. The number of carbonyl (C=O) groups excluding carboxylic acids is 1. The summed E-state index contributed by atoms with van der Waals surface area (Å²) in [4.78, 5) is 12.3. The van der Waals surface area contributed by atoms with Gasteiger partial charge in [-0.3, -0.25) is 4.79 Å². The highest BCUT2D eigenvalue weighted by Gasteiger charge is 2.32. The molecule has 2 aliphatic rings. The van der Waals surface area contributed by atoms with Crippen molar-refractivity contribution in [3.8, 4) is 0 Å². The van der Waals surface area contributed by atoms with Crippen LogP contribution in [0.15, 0.2) is 21.7 Å². The molecule has 1 aromatic heterocycles. The Hall–Kier alpha value is -0.570. The van der Waals surface area contributed by atoms with E-state index in [1.807, 2.05) is 11.8 Å². The monoisotopic (exact) mass is 416 g/mol. The molecule has 0 aromatic carbocycles. The number of nitrogens with one attached hydrogen (secondary N) is 1. The predicted molar refractivity (Wildman–Crippen MR) is 108 cm³/mol. The summed E-state index contributed by atoms with van der Waals surface area (Å²) in [5, 5.41) is 5.59. The van der Waals surface area contributed by atoms with Gasteiger partial charge in [-0.1, -0.05) is 25.3 Å². The summed E-state index contributed by atoms with van der Waals surface area (Å²) in [5.41, 5.74) is 0. The van der Waals surface area contributed by atoms with Crippen LogP contribution in [0.25, 0.3) is 0 Å². The van der Waals surface area contributed by atoms with Gasteiger partial charge in [0, 0.05) is 36.6 Å². The summed E-state index contributed by atoms with van der Waals surface area (Å²) in [5.74, 6) is 0.994. The molecule has 146 valence electrons. The van der Waals surface area contributed by atoms with E-state index >= 15 is 0 Å². The van der Waals surface area contributed by atoms with E-state index in [4.69, 9.17) is 0 Å². The van der Waals surface area contributed by atoms with E-state index < -0.39 is 10.0 Å². The van der Waals surface area contributed by atoms with Crippen LogP contribution in [-0.4, -0.2) is 49.3 Å². The van der Waals surface area contributed by atoms with Crippen molar-refractivity contribution in [1.29, 1.82) is 0 Å². The first-order chi connectivity index (χ1) is 12.6. The minimum absolute atomic E-state index is 0.0653. The second-order valence-corrected chi connectivity index (χ2v) is 11.6. The number of rotatable bonds is 7. The first-order valence-corrected chi connectivity index (χ1v) is 12.9. The van der Waals surface area contributed by atoms with Crippen LogP contribution in [0.5, 0.6) is 0 Å². The van der Waals surface area contributed by atoms with Crippen LogP contribution in [0.2, 0.25) is 0 Å². The zero-order chi connectivity index (χ0) is 18.4. The van der Waals surface area contributed by atoms with Crippen molar-refractivity contribution in [1.82, 2.24) is 9.62 Å². The second-order valence-electron chi connectivity index (χ2n) is 7.03. The van der Waals surface area contributed by atoms with Gasteiger partial charge in [-0.15, -0.1) is 11.3 Å². The molecule has 1 aliphatic carbocycles. The number of piperidine rings is 1. The van der Waals surface area contributed by atoms with Crippen molar-refractivity contribution in [2.75, 3.05) is 25.4 Å². The molecule has 1 saturated carbocycles. The molecule has 0 atom stereocenters. The van der Waals surface area contributed by atoms with E-state index in [2.05, 4.69) is 5.32 Å². The lowest BCUT2D eigenvalue weighted by atomic mass is 9.97. The predicted octanol–water partition coefficient (Wildman–Crippen LogP) is 3.33. The maximum absolute atomic E-state index is 12.5. The lowest BCUT2D eigenvalue weighted by Gasteiger charge is -2.30. The topological polar surface area (TPSA) is 66.5 Å². The van der Waals surface area contributed by atoms with Crippen molar-refractivity contribution < 1.29 is 13.2 Å². The Morgan fingerprint density at radius 3 is 2.58 bits per heavy atom. The van der Waals surface area contributed by atoms with E-state index in [-0.39, 0.29) is 11.8 Å². The summed E-state index contributed by atoms with van der Waals surface area (Å²) >= 11 is 3.23. The minimum atomic E-state index is -3.38. The summed E-state index contributed by atoms with van der Waals surface area (Å²) in [6.07, 6.45) is 7.90. The van der Waals surface area contributed by atoms with Gasteiger partial charge in [0.25, 0.3) is 10.0 Å². The van der Waals surface area contributed by atoms with Gasteiger partial charge in [-0.05, 0) is 37.1 Å². The first kappa shape index (κ1) is 20.2. The van der Waals surface area contributed by atoms with Gasteiger partial charge in [0.1, 0.15) is 4.21 Å². The molecule has 0 bridgehead atoms. The Balaban J connectivity index is 1.37. The summed E-state index contributed by atoms with van der Waals surface area (Å²) in [7, 11) is -3.38. The number of sulfonamides is 1. The Kier molecular flexibility index (Phi) is 7.43. The smallest absolute Gasteiger partial charge is 0.252 e. The van der Waals surface area contributed by atoms with Crippen LogP contribution in [0, 0.1) is 5.92 Å². The standard InChI is InChI=1S/C18H28N2O3S3/c21-18(19-10-14-24-16-5-2-1-3-6-16)15-8-11-20(12-9-15)26(22,23)17-7-4-13-25-17/h4,7,13,15-16H,1-3,5-6,8-12,14H2,(H,19,21). The third-order valence-electron chi connectivity index (χ3n) is 5.22. The average Bonchev–Trinajstić information content (AvgIpc) is 3.22.